The molecule has 1 heterocycles. The van der Waals surface area contributed by atoms with Gasteiger partial charge in [0, 0.05) is 35.1 Å². The van der Waals surface area contributed by atoms with Gasteiger partial charge in [-0.25, -0.2) is 9.97 Å². The molecule has 3 N–H and O–H groups in total. The summed E-state index contributed by atoms with van der Waals surface area (Å²) in [5.41, 5.74) is 21.8. The first-order valence-corrected chi connectivity index (χ1v) is 18.1. The summed E-state index contributed by atoms with van der Waals surface area (Å²) in [5, 5.41) is 3.25. The van der Waals surface area contributed by atoms with Crippen LogP contribution in [0.25, 0.3) is 78.4 Å². The maximum atomic E-state index is 6.10. The third-order valence-corrected chi connectivity index (χ3v) is 9.17. The highest BCUT2D eigenvalue weighted by atomic mass is 14.9. The number of hydrogen-bond acceptors (Lipinski definition) is 4. The Kier molecular flexibility index (Phi) is 10.5. The third-order valence-electron chi connectivity index (χ3n) is 9.17. The summed E-state index contributed by atoms with van der Waals surface area (Å²) in [6.45, 7) is 4.00. The minimum Gasteiger partial charge on any atom is -0.399 e. The fourth-order valence-corrected chi connectivity index (χ4v) is 6.50. The fourth-order valence-electron chi connectivity index (χ4n) is 6.50. The molecule has 258 valence electrons. The van der Waals surface area contributed by atoms with E-state index in [1.54, 1.807) is 0 Å². The van der Waals surface area contributed by atoms with Crippen molar-refractivity contribution >= 4 is 11.4 Å². The topological polar surface area (TPSA) is 63.8 Å². The quantitative estimate of drug-likeness (QED) is 0.156. The van der Waals surface area contributed by atoms with Gasteiger partial charge in [-0.2, -0.15) is 0 Å². The Morgan fingerprint density at radius 2 is 0.717 bits per heavy atom. The number of aromatic nitrogens is 2. The van der Waals surface area contributed by atoms with Gasteiger partial charge in [0.05, 0.1) is 11.4 Å². The van der Waals surface area contributed by atoms with Crippen molar-refractivity contribution in [3.63, 3.8) is 0 Å². The molecule has 0 spiro atoms. The first-order valence-electron chi connectivity index (χ1n) is 18.1. The van der Waals surface area contributed by atoms with Crippen LogP contribution >= 0.6 is 0 Å². The lowest BCUT2D eigenvalue weighted by Gasteiger charge is -2.12. The molecule has 4 nitrogen and oxygen atoms in total. The molecule has 0 radical (unpaired) electrons. The number of nitrogens with zero attached hydrogens (tertiary/aromatic N) is 2. The van der Waals surface area contributed by atoms with Crippen molar-refractivity contribution in [2.45, 2.75) is 13.8 Å². The summed E-state index contributed by atoms with van der Waals surface area (Å²) in [7, 11) is 1.95. The molecule has 53 heavy (non-hydrogen) atoms. The van der Waals surface area contributed by atoms with E-state index in [9.17, 15) is 0 Å². The molecule has 0 saturated heterocycles. The van der Waals surface area contributed by atoms with Crippen LogP contribution in [0.15, 0.2) is 182 Å². The van der Waals surface area contributed by atoms with Gasteiger partial charge in [-0.1, -0.05) is 141 Å². The standard InChI is InChI=1S/C47H36N4.C2H6/c1-49-44-24-10-20-40(30-44)36-16-6-14-34(26-36)38-18-8-22-42(28-38)46-31-45(50-47(51-46)32-11-3-2-4-12-32)41-21-7-17-37(27-41)33-13-5-15-35(25-33)39-19-9-23-43(48)29-39;1-2/h2-31,49H,48H2,1H3;1-2H3. The van der Waals surface area contributed by atoms with Crippen LogP contribution in [0, 0.1) is 0 Å². The molecule has 8 aromatic rings. The molecule has 0 saturated carbocycles. The molecule has 0 atom stereocenters. The molecule has 0 aliphatic rings. The highest BCUT2D eigenvalue weighted by Crippen LogP contribution is 2.34. The van der Waals surface area contributed by atoms with Crippen molar-refractivity contribution in [3.05, 3.63) is 182 Å². The Hall–Kier alpha value is -6.78. The predicted molar refractivity (Wildman–Crippen MR) is 225 cm³/mol. The first kappa shape index (κ1) is 34.7. The SMILES string of the molecule is CC.CNc1cccc(-c2cccc(-c3cccc(-c4cc(-c5cccc(-c6cccc(-c7cccc(N)c7)c6)c5)nc(-c5ccccc5)n4)c3)c2)c1. The molecule has 0 unspecified atom stereocenters. The summed E-state index contributed by atoms with van der Waals surface area (Å²) in [6, 6.07) is 63.3. The molecule has 8 rings (SSSR count). The van der Waals surface area contributed by atoms with Gasteiger partial charge in [0.15, 0.2) is 5.82 Å². The summed E-state index contributed by atoms with van der Waals surface area (Å²) >= 11 is 0. The summed E-state index contributed by atoms with van der Waals surface area (Å²) in [4.78, 5) is 10.2. The second-order valence-corrected chi connectivity index (χ2v) is 12.6. The van der Waals surface area contributed by atoms with Crippen molar-refractivity contribution in [1.29, 1.82) is 0 Å². The van der Waals surface area contributed by atoms with Crippen molar-refractivity contribution in [1.82, 2.24) is 9.97 Å². The first-order chi connectivity index (χ1) is 26.1. The lowest BCUT2D eigenvalue weighted by Crippen LogP contribution is -1.96. The monoisotopic (exact) mass is 686 g/mol. The molecule has 1 aromatic heterocycles. The second-order valence-electron chi connectivity index (χ2n) is 12.6. The molecule has 0 aliphatic heterocycles. The number of hydrogen-bond donors (Lipinski definition) is 2. The van der Waals surface area contributed by atoms with E-state index in [2.05, 4.69) is 151 Å². The normalized spacial score (nSPS) is 10.6. The van der Waals surface area contributed by atoms with E-state index in [0.29, 0.717) is 5.82 Å². The second kappa shape index (κ2) is 16.1. The van der Waals surface area contributed by atoms with Crippen LogP contribution in [-0.2, 0) is 0 Å². The lowest BCUT2D eigenvalue weighted by atomic mass is 9.96. The van der Waals surface area contributed by atoms with E-state index in [-0.39, 0.29) is 0 Å². The zero-order valence-corrected chi connectivity index (χ0v) is 30.3. The largest absolute Gasteiger partial charge is 0.399 e. The minimum absolute atomic E-state index is 0.689. The maximum Gasteiger partial charge on any atom is 0.160 e. The van der Waals surface area contributed by atoms with Gasteiger partial charge in [-0.05, 0) is 99.1 Å². The Labute approximate surface area is 312 Å². The average Bonchev–Trinajstić information content (AvgIpc) is 3.25. The molecule has 0 amide bonds. The van der Waals surface area contributed by atoms with Crippen molar-refractivity contribution in [3.8, 4) is 78.4 Å². The zero-order chi connectivity index (χ0) is 36.6. The molecular formula is C49H42N4. The molecule has 0 bridgehead atoms. The van der Waals surface area contributed by atoms with Crippen LogP contribution in [0.5, 0.6) is 0 Å². The van der Waals surface area contributed by atoms with Crippen LogP contribution in [0.2, 0.25) is 0 Å². The Morgan fingerprint density at radius 3 is 1.17 bits per heavy atom. The highest BCUT2D eigenvalue weighted by Gasteiger charge is 2.13. The number of nitrogen functional groups attached to an aromatic ring is 1. The predicted octanol–water partition coefficient (Wildman–Crippen LogP) is 12.8. The molecule has 0 fully saturated rings. The maximum absolute atomic E-state index is 6.10. The minimum atomic E-state index is 0.689. The van der Waals surface area contributed by atoms with Gasteiger partial charge in [0.1, 0.15) is 0 Å². The highest BCUT2D eigenvalue weighted by molar-refractivity contribution is 5.81. The van der Waals surface area contributed by atoms with Gasteiger partial charge >= 0.3 is 0 Å². The van der Waals surface area contributed by atoms with Gasteiger partial charge in [-0.3, -0.25) is 0 Å². The summed E-state index contributed by atoms with van der Waals surface area (Å²) in [5.74, 6) is 0.689. The van der Waals surface area contributed by atoms with Crippen molar-refractivity contribution in [2.75, 3.05) is 18.1 Å². The Bertz CT molecular complexity index is 2490. The third kappa shape index (κ3) is 7.93. The van der Waals surface area contributed by atoms with Gasteiger partial charge in [-0.15, -0.1) is 0 Å². The fraction of sp³-hybridized carbons (Fsp3) is 0.0612. The van der Waals surface area contributed by atoms with Gasteiger partial charge < -0.3 is 11.1 Å². The smallest absolute Gasteiger partial charge is 0.160 e. The number of rotatable bonds is 8. The Morgan fingerprint density at radius 1 is 0.358 bits per heavy atom. The van der Waals surface area contributed by atoms with Gasteiger partial charge in [0.2, 0.25) is 0 Å². The zero-order valence-electron chi connectivity index (χ0n) is 30.3. The van der Waals surface area contributed by atoms with E-state index in [1.807, 2.05) is 57.3 Å². The van der Waals surface area contributed by atoms with E-state index in [1.165, 1.54) is 11.1 Å². The average molecular weight is 687 g/mol. The molecule has 7 aromatic carbocycles. The number of nitrogens with two attached hydrogens (primary N) is 1. The van der Waals surface area contributed by atoms with E-state index in [4.69, 9.17) is 15.7 Å². The van der Waals surface area contributed by atoms with E-state index >= 15 is 0 Å². The van der Waals surface area contributed by atoms with Gasteiger partial charge in [0.25, 0.3) is 0 Å². The van der Waals surface area contributed by atoms with Crippen LogP contribution in [0.3, 0.4) is 0 Å². The summed E-state index contributed by atoms with van der Waals surface area (Å²) in [6.07, 6.45) is 0. The van der Waals surface area contributed by atoms with E-state index < -0.39 is 0 Å². The number of anilines is 2. The Balaban J connectivity index is 0.00000214. The van der Waals surface area contributed by atoms with Crippen LogP contribution in [0.4, 0.5) is 11.4 Å². The van der Waals surface area contributed by atoms with Crippen molar-refractivity contribution < 1.29 is 0 Å². The number of nitrogens with one attached hydrogen (secondary N) is 1. The van der Waals surface area contributed by atoms with Crippen LogP contribution < -0.4 is 11.1 Å². The van der Waals surface area contributed by atoms with Crippen LogP contribution in [-0.4, -0.2) is 17.0 Å². The number of benzene rings is 7. The summed E-state index contributed by atoms with van der Waals surface area (Å²) < 4.78 is 0. The van der Waals surface area contributed by atoms with E-state index in [0.717, 1.165) is 72.8 Å². The molecule has 4 heteroatoms. The van der Waals surface area contributed by atoms with Crippen LogP contribution in [0.1, 0.15) is 13.8 Å². The lowest BCUT2D eigenvalue weighted by molar-refractivity contribution is 1.18. The van der Waals surface area contributed by atoms with Crippen molar-refractivity contribution in [2.24, 2.45) is 0 Å². The molecule has 0 aliphatic carbocycles. The molecular weight excluding hydrogens is 645 g/mol.